The Labute approximate surface area is 105 Å². The second-order valence-corrected chi connectivity index (χ2v) is 4.75. The van der Waals surface area contributed by atoms with Gasteiger partial charge in [-0.3, -0.25) is 4.79 Å². The van der Waals surface area contributed by atoms with E-state index in [0.717, 1.165) is 0 Å². The van der Waals surface area contributed by atoms with Gasteiger partial charge in [-0.25, -0.2) is 4.39 Å². The first kappa shape index (κ1) is 12.6. The fourth-order valence-electron chi connectivity index (χ4n) is 1.10. The summed E-state index contributed by atoms with van der Waals surface area (Å²) in [6.45, 7) is 0.550. The van der Waals surface area contributed by atoms with Crippen LogP contribution in [0.25, 0.3) is 0 Å². The third kappa shape index (κ3) is 3.28. The van der Waals surface area contributed by atoms with Crippen LogP contribution in [0, 0.1) is 5.82 Å². The Bertz CT molecular complexity index is 370. The van der Waals surface area contributed by atoms with Crippen LogP contribution in [-0.4, -0.2) is 29.7 Å². The van der Waals surface area contributed by atoms with Crippen molar-refractivity contribution in [2.24, 2.45) is 0 Å². The predicted octanol–water partition coefficient (Wildman–Crippen LogP) is 3.06. The van der Waals surface area contributed by atoms with Gasteiger partial charge >= 0.3 is 0 Å². The van der Waals surface area contributed by atoms with Gasteiger partial charge in [0, 0.05) is 23.4 Å². The first-order chi connectivity index (χ1) is 7.06. The van der Waals surface area contributed by atoms with E-state index in [0.29, 0.717) is 16.3 Å². The highest BCUT2D eigenvalue weighted by Crippen LogP contribution is 2.16. The number of amides is 1. The Morgan fingerprint density at radius 3 is 2.73 bits per heavy atom. The van der Waals surface area contributed by atoms with Crippen LogP contribution < -0.4 is 0 Å². The lowest BCUT2D eigenvalue weighted by Crippen LogP contribution is -2.29. The molecule has 0 heterocycles. The highest BCUT2D eigenvalue weighted by atomic mass is 79.9. The molecule has 1 aromatic rings. The smallest absolute Gasteiger partial charge is 0.256 e. The lowest BCUT2D eigenvalue weighted by molar-refractivity contribution is 0.0799. The molecule has 0 atom stereocenters. The number of rotatable bonds is 3. The second kappa shape index (κ2) is 5.61. The predicted molar refractivity (Wildman–Crippen MR) is 64.9 cm³/mol. The molecule has 1 aromatic carbocycles. The lowest BCUT2D eigenvalue weighted by Gasteiger charge is -2.15. The third-order valence-electron chi connectivity index (χ3n) is 1.93. The van der Waals surface area contributed by atoms with E-state index in [4.69, 9.17) is 0 Å². The first-order valence-electron chi connectivity index (χ1n) is 4.32. The summed E-state index contributed by atoms with van der Waals surface area (Å²) in [5, 5.41) is 0.674. The van der Waals surface area contributed by atoms with Crippen molar-refractivity contribution in [2.45, 2.75) is 0 Å². The Kier molecular flexibility index (Phi) is 4.73. The fourth-order valence-corrected chi connectivity index (χ4v) is 1.96. The number of alkyl halides is 1. The summed E-state index contributed by atoms with van der Waals surface area (Å²) >= 11 is 6.37. The van der Waals surface area contributed by atoms with Crippen LogP contribution in [0.5, 0.6) is 0 Å². The molecule has 0 aliphatic carbocycles. The normalized spacial score (nSPS) is 10.1. The van der Waals surface area contributed by atoms with Crippen molar-refractivity contribution < 1.29 is 9.18 Å². The molecule has 0 spiro atoms. The van der Waals surface area contributed by atoms with Crippen LogP contribution in [0.4, 0.5) is 4.39 Å². The van der Waals surface area contributed by atoms with E-state index in [2.05, 4.69) is 31.9 Å². The van der Waals surface area contributed by atoms with Crippen molar-refractivity contribution in [3.05, 3.63) is 34.1 Å². The van der Waals surface area contributed by atoms with E-state index in [-0.39, 0.29) is 11.5 Å². The van der Waals surface area contributed by atoms with Crippen LogP contribution in [0.2, 0.25) is 0 Å². The maximum Gasteiger partial charge on any atom is 0.256 e. The number of carbonyl (C=O) groups is 1. The maximum absolute atomic E-state index is 13.4. The van der Waals surface area contributed by atoms with Crippen molar-refractivity contribution in [3.63, 3.8) is 0 Å². The van der Waals surface area contributed by atoms with Gasteiger partial charge in [0.15, 0.2) is 0 Å². The average Bonchev–Trinajstić information content (AvgIpc) is 2.17. The summed E-state index contributed by atoms with van der Waals surface area (Å²) in [7, 11) is 1.64. The molecule has 1 amide bonds. The molecular weight excluding hydrogens is 329 g/mol. The van der Waals surface area contributed by atoms with Crippen LogP contribution in [0.3, 0.4) is 0 Å². The van der Waals surface area contributed by atoms with Gasteiger partial charge < -0.3 is 4.90 Å². The van der Waals surface area contributed by atoms with E-state index in [1.54, 1.807) is 13.1 Å². The van der Waals surface area contributed by atoms with Crippen LogP contribution in [0.1, 0.15) is 10.4 Å². The van der Waals surface area contributed by atoms with E-state index >= 15 is 0 Å². The molecule has 5 heteroatoms. The Hall–Kier alpha value is -0.420. The molecule has 15 heavy (non-hydrogen) atoms. The molecule has 0 aliphatic rings. The molecular formula is C10H10Br2FNO. The van der Waals surface area contributed by atoms with Gasteiger partial charge in [-0.1, -0.05) is 31.9 Å². The van der Waals surface area contributed by atoms with E-state index in [1.165, 1.54) is 17.0 Å². The molecule has 0 unspecified atom stereocenters. The maximum atomic E-state index is 13.4. The summed E-state index contributed by atoms with van der Waals surface area (Å²) < 4.78 is 14.0. The molecule has 2 nitrogen and oxygen atoms in total. The minimum atomic E-state index is -0.504. The molecule has 0 bridgehead atoms. The zero-order valence-corrected chi connectivity index (χ0v) is 11.3. The van der Waals surface area contributed by atoms with Crippen molar-refractivity contribution in [2.75, 3.05) is 18.9 Å². The Morgan fingerprint density at radius 2 is 2.20 bits per heavy atom. The highest BCUT2D eigenvalue weighted by molar-refractivity contribution is 9.10. The Balaban J connectivity index is 2.91. The van der Waals surface area contributed by atoms with Gasteiger partial charge in [-0.05, 0) is 18.2 Å². The lowest BCUT2D eigenvalue weighted by atomic mass is 10.2. The molecule has 0 radical (unpaired) electrons. The van der Waals surface area contributed by atoms with E-state index in [9.17, 15) is 9.18 Å². The van der Waals surface area contributed by atoms with Gasteiger partial charge in [0.05, 0.1) is 5.56 Å². The largest absolute Gasteiger partial charge is 0.341 e. The van der Waals surface area contributed by atoms with Crippen LogP contribution in [0.15, 0.2) is 22.7 Å². The van der Waals surface area contributed by atoms with Gasteiger partial charge in [0.25, 0.3) is 5.91 Å². The van der Waals surface area contributed by atoms with E-state index in [1.807, 2.05) is 0 Å². The summed E-state index contributed by atoms with van der Waals surface area (Å²) in [5.74, 6) is -0.810. The number of nitrogens with zero attached hydrogens (tertiary/aromatic N) is 1. The van der Waals surface area contributed by atoms with Gasteiger partial charge in [0.1, 0.15) is 5.82 Å². The van der Waals surface area contributed by atoms with Gasteiger partial charge in [-0.15, -0.1) is 0 Å². The number of hydrogen-bond acceptors (Lipinski definition) is 1. The summed E-state index contributed by atoms with van der Waals surface area (Å²) in [6, 6.07) is 4.42. The van der Waals surface area contributed by atoms with Crippen molar-refractivity contribution in [3.8, 4) is 0 Å². The van der Waals surface area contributed by atoms with E-state index < -0.39 is 5.82 Å². The number of hydrogen-bond donors (Lipinski definition) is 0. The minimum Gasteiger partial charge on any atom is -0.341 e. The molecule has 1 rings (SSSR count). The quantitative estimate of drug-likeness (QED) is 0.776. The molecule has 0 N–H and O–H groups in total. The second-order valence-electron chi connectivity index (χ2n) is 3.04. The van der Waals surface area contributed by atoms with Gasteiger partial charge in [-0.2, -0.15) is 0 Å². The number of halogens is 3. The first-order valence-corrected chi connectivity index (χ1v) is 6.24. The zero-order chi connectivity index (χ0) is 11.4. The van der Waals surface area contributed by atoms with Gasteiger partial charge in [0.2, 0.25) is 0 Å². The summed E-state index contributed by atoms with van der Waals surface area (Å²) in [4.78, 5) is 13.2. The van der Waals surface area contributed by atoms with Crippen molar-refractivity contribution in [1.29, 1.82) is 0 Å². The molecule has 0 aromatic heterocycles. The Morgan fingerprint density at radius 1 is 1.53 bits per heavy atom. The minimum absolute atomic E-state index is 0.0988. The van der Waals surface area contributed by atoms with Crippen molar-refractivity contribution in [1.82, 2.24) is 4.90 Å². The monoisotopic (exact) mass is 337 g/mol. The SMILES string of the molecule is CN(CCBr)C(=O)c1ccc(Br)cc1F. The summed E-state index contributed by atoms with van der Waals surface area (Å²) in [5.41, 5.74) is 0.0988. The topological polar surface area (TPSA) is 20.3 Å². The third-order valence-corrected chi connectivity index (χ3v) is 2.78. The van der Waals surface area contributed by atoms with Crippen LogP contribution in [-0.2, 0) is 0 Å². The van der Waals surface area contributed by atoms with Crippen LogP contribution >= 0.6 is 31.9 Å². The molecule has 82 valence electrons. The highest BCUT2D eigenvalue weighted by Gasteiger charge is 2.15. The average molecular weight is 339 g/mol. The molecule has 0 aliphatic heterocycles. The number of carbonyl (C=O) groups excluding carboxylic acids is 1. The molecule has 0 saturated carbocycles. The molecule has 0 saturated heterocycles. The molecule has 0 fully saturated rings. The number of benzene rings is 1. The fraction of sp³-hybridized carbons (Fsp3) is 0.300. The summed E-state index contributed by atoms with van der Waals surface area (Å²) in [6.07, 6.45) is 0. The zero-order valence-electron chi connectivity index (χ0n) is 8.14. The standard InChI is InChI=1S/C10H10Br2FNO/c1-14(5-4-11)10(15)8-3-2-7(12)6-9(8)13/h2-3,6H,4-5H2,1H3. The van der Waals surface area contributed by atoms with Crippen molar-refractivity contribution >= 4 is 37.8 Å².